The van der Waals surface area contributed by atoms with Crippen molar-refractivity contribution in [2.45, 2.75) is 50.1 Å². The molecule has 2 saturated heterocycles. The highest BCUT2D eigenvalue weighted by Gasteiger charge is 2.65. The number of thiazole rings is 1. The molecule has 3 aliphatic heterocycles. The highest BCUT2D eigenvalue weighted by atomic mass is 32.1. The normalized spacial score (nSPS) is 21.2. The van der Waals surface area contributed by atoms with Crippen LogP contribution in [0, 0.1) is 17.6 Å². The van der Waals surface area contributed by atoms with Crippen molar-refractivity contribution < 1.29 is 22.7 Å². The average Bonchev–Trinajstić information content (AvgIpc) is 3.96. The minimum Gasteiger partial charge on any atom is -0.493 e. The molecular formula is C38H30F2N6O4S. The van der Waals surface area contributed by atoms with E-state index in [1.54, 1.807) is 12.1 Å². The number of aryl methyl sites for hydroxylation is 2. The summed E-state index contributed by atoms with van der Waals surface area (Å²) in [6, 6.07) is 15.4. The van der Waals surface area contributed by atoms with Crippen molar-refractivity contribution in [2.75, 3.05) is 19.0 Å². The summed E-state index contributed by atoms with van der Waals surface area (Å²) in [6.45, 7) is 0.678. The number of rotatable bonds is 8. The van der Waals surface area contributed by atoms with Crippen LogP contribution in [0.4, 0.5) is 14.5 Å². The molecule has 6 aromatic rings. The average molecular weight is 705 g/mol. The number of nitrogens with zero attached hydrogens (tertiary/aromatic N) is 4. The minimum atomic E-state index is -0.725. The molecule has 3 aromatic carbocycles. The molecule has 3 aromatic heterocycles. The third kappa shape index (κ3) is 4.46. The maximum atomic E-state index is 14.5. The van der Waals surface area contributed by atoms with Gasteiger partial charge in [0.25, 0.3) is 11.8 Å². The Morgan fingerprint density at radius 1 is 1.04 bits per heavy atom. The van der Waals surface area contributed by atoms with E-state index in [0.29, 0.717) is 59.1 Å². The van der Waals surface area contributed by atoms with Gasteiger partial charge in [-0.25, -0.2) is 23.7 Å². The first-order valence-corrected chi connectivity index (χ1v) is 17.8. The zero-order valence-corrected chi connectivity index (χ0v) is 28.2. The van der Waals surface area contributed by atoms with Crippen molar-refractivity contribution in [3.05, 3.63) is 110 Å². The van der Waals surface area contributed by atoms with Crippen LogP contribution in [0.3, 0.4) is 0 Å². The molecule has 2 N–H and O–H groups in total. The number of methoxy groups -OCH3 is 1. The molecule has 5 aliphatic rings. The van der Waals surface area contributed by atoms with Crippen LogP contribution in [0.1, 0.15) is 63.7 Å². The van der Waals surface area contributed by atoms with E-state index in [2.05, 4.69) is 15.5 Å². The predicted molar refractivity (Wildman–Crippen MR) is 186 cm³/mol. The number of benzene rings is 3. The topological polar surface area (TPSA) is 126 Å². The Balaban J connectivity index is 1.14. The molecular weight excluding hydrogens is 675 g/mol. The highest BCUT2D eigenvalue weighted by Crippen LogP contribution is 2.62. The third-order valence-electron chi connectivity index (χ3n) is 11.1. The molecule has 10 nitrogen and oxygen atoms in total. The van der Waals surface area contributed by atoms with Crippen molar-refractivity contribution in [2.24, 2.45) is 5.92 Å². The van der Waals surface area contributed by atoms with E-state index in [4.69, 9.17) is 19.1 Å². The summed E-state index contributed by atoms with van der Waals surface area (Å²) in [5, 5.41) is 10.9. The molecule has 11 rings (SSSR count). The van der Waals surface area contributed by atoms with Gasteiger partial charge in [-0.15, -0.1) is 16.4 Å². The van der Waals surface area contributed by atoms with Crippen LogP contribution in [0.2, 0.25) is 0 Å². The number of nitrogens with one attached hydrogen (secondary N) is 2. The number of hydrogen-bond acceptors (Lipinski definition) is 9. The molecule has 1 saturated carbocycles. The number of carbonyl (C=O) groups excluding carboxylic acids is 1. The number of hydrogen-bond donors (Lipinski definition) is 2. The Morgan fingerprint density at radius 3 is 2.67 bits per heavy atom. The summed E-state index contributed by atoms with van der Waals surface area (Å²) in [6.07, 6.45) is 4.12. The highest BCUT2D eigenvalue weighted by molar-refractivity contribution is 7.22. The van der Waals surface area contributed by atoms with Crippen LogP contribution in [-0.4, -0.2) is 44.6 Å². The van der Waals surface area contributed by atoms with E-state index in [0.717, 1.165) is 57.6 Å². The van der Waals surface area contributed by atoms with Crippen LogP contribution in [-0.2, 0) is 24.8 Å². The van der Waals surface area contributed by atoms with E-state index < -0.39 is 11.3 Å². The number of aromatic amines is 1. The van der Waals surface area contributed by atoms with Gasteiger partial charge in [-0.2, -0.15) is 0 Å². The lowest BCUT2D eigenvalue weighted by molar-refractivity contribution is 0.0637. The zero-order valence-electron chi connectivity index (χ0n) is 27.4. The second kappa shape index (κ2) is 11.0. The quantitative estimate of drug-likeness (QED) is 0.175. The summed E-state index contributed by atoms with van der Waals surface area (Å²) >= 11 is 1.44. The molecule has 13 heteroatoms. The molecule has 1 amide bonds. The van der Waals surface area contributed by atoms with E-state index in [9.17, 15) is 18.4 Å². The van der Waals surface area contributed by atoms with Crippen molar-refractivity contribution in [3.63, 3.8) is 0 Å². The standard InChI is InChI=1S/C38H30F2N6O4S/c1-49-31-22-11-14-24(21(22)10-12-23(31)40)41-26-3-2-4-27-32(26)51-35(43-27)29-28(34-44-45-37(48)50-34)25(13-7-18-5-8-20(39)9-6-18)42-33-30(29)36(47)46-17-19-15-38(33,46)16-19/h2-6,8-10,12,19,24,41H,7,11,13-17H2,1H3,(H,45,48). The molecule has 2 bridgehead atoms. The largest absolute Gasteiger partial charge is 0.493 e. The molecule has 1 spiro atoms. The van der Waals surface area contributed by atoms with Gasteiger partial charge < -0.3 is 19.4 Å². The Kier molecular flexibility index (Phi) is 6.58. The maximum absolute atomic E-state index is 14.5. The number of H-pyrrole nitrogens is 1. The summed E-state index contributed by atoms with van der Waals surface area (Å²) in [7, 11) is 1.49. The minimum absolute atomic E-state index is 0.0320. The number of amides is 1. The molecule has 1 atom stereocenters. The predicted octanol–water partition coefficient (Wildman–Crippen LogP) is 6.95. The molecule has 51 heavy (non-hydrogen) atoms. The lowest BCUT2D eigenvalue weighted by atomic mass is 9.71. The van der Waals surface area contributed by atoms with Crippen LogP contribution >= 0.6 is 11.3 Å². The maximum Gasteiger partial charge on any atom is 0.434 e. The van der Waals surface area contributed by atoms with Gasteiger partial charge in [-0.1, -0.05) is 24.3 Å². The van der Waals surface area contributed by atoms with Crippen molar-refractivity contribution in [1.82, 2.24) is 25.1 Å². The molecule has 2 aliphatic carbocycles. The van der Waals surface area contributed by atoms with Gasteiger partial charge >= 0.3 is 5.76 Å². The monoisotopic (exact) mass is 704 g/mol. The smallest absolute Gasteiger partial charge is 0.434 e. The number of ether oxygens (including phenoxy) is 1. The van der Waals surface area contributed by atoms with Gasteiger partial charge in [-0.05, 0) is 85.9 Å². The van der Waals surface area contributed by atoms with Gasteiger partial charge in [-0.3, -0.25) is 9.78 Å². The molecule has 6 heterocycles. The Bertz CT molecular complexity index is 2490. The van der Waals surface area contributed by atoms with Gasteiger partial charge in [0, 0.05) is 17.7 Å². The SMILES string of the molecule is COc1c(F)ccc2c1CCC2Nc1cccc2nc(-c3c4c(nc(CCc5ccc(F)cc5)c3-c3n[nH]c(=O)o3)C35CC(CN3C4=O)C5)sc12. The fraction of sp³-hybridized carbons (Fsp3) is 0.289. The number of aromatic nitrogens is 4. The summed E-state index contributed by atoms with van der Waals surface area (Å²) < 4.78 is 40.1. The lowest BCUT2D eigenvalue weighted by Gasteiger charge is -2.37. The first-order valence-electron chi connectivity index (χ1n) is 17.0. The molecule has 3 fully saturated rings. The van der Waals surface area contributed by atoms with Gasteiger partial charge in [0.15, 0.2) is 11.6 Å². The first-order chi connectivity index (χ1) is 24.8. The molecule has 0 radical (unpaired) electrons. The van der Waals surface area contributed by atoms with Crippen LogP contribution in [0.5, 0.6) is 5.75 Å². The third-order valence-corrected chi connectivity index (χ3v) is 12.2. The van der Waals surface area contributed by atoms with Crippen molar-refractivity contribution >= 4 is 33.1 Å². The summed E-state index contributed by atoms with van der Waals surface area (Å²) in [5.41, 5.74) is 6.77. The fourth-order valence-electron chi connectivity index (χ4n) is 8.84. The van der Waals surface area contributed by atoms with Crippen molar-refractivity contribution in [3.8, 4) is 27.8 Å². The Labute approximate surface area is 293 Å². The summed E-state index contributed by atoms with van der Waals surface area (Å²) in [5.74, 6) is -0.739. The lowest BCUT2D eigenvalue weighted by Crippen LogP contribution is -2.40. The second-order valence-corrected chi connectivity index (χ2v) is 14.9. The number of carbonyl (C=O) groups is 1. The van der Waals surface area contributed by atoms with E-state index in [-0.39, 0.29) is 35.2 Å². The zero-order chi connectivity index (χ0) is 34.6. The number of anilines is 1. The van der Waals surface area contributed by atoms with Gasteiger partial charge in [0.05, 0.1) is 57.1 Å². The van der Waals surface area contributed by atoms with Crippen LogP contribution in [0.25, 0.3) is 32.2 Å². The Morgan fingerprint density at radius 2 is 1.88 bits per heavy atom. The Hall–Kier alpha value is -5.43. The van der Waals surface area contributed by atoms with E-state index in [1.165, 1.54) is 36.6 Å². The number of halogens is 2. The van der Waals surface area contributed by atoms with Gasteiger partial charge in [0.1, 0.15) is 10.8 Å². The van der Waals surface area contributed by atoms with Crippen LogP contribution < -0.4 is 15.8 Å². The van der Waals surface area contributed by atoms with Crippen molar-refractivity contribution in [1.29, 1.82) is 0 Å². The van der Waals surface area contributed by atoms with Crippen LogP contribution in [0.15, 0.2) is 63.8 Å². The van der Waals surface area contributed by atoms with E-state index >= 15 is 0 Å². The van der Waals surface area contributed by atoms with E-state index in [1.807, 2.05) is 29.2 Å². The van der Waals surface area contributed by atoms with Gasteiger partial charge in [0.2, 0.25) is 0 Å². The molecule has 256 valence electrons. The first kappa shape index (κ1) is 30.4. The number of pyridine rings is 1. The summed E-state index contributed by atoms with van der Waals surface area (Å²) in [4.78, 5) is 39.1. The number of fused-ring (bicyclic) bond motifs is 3. The fourth-order valence-corrected chi connectivity index (χ4v) is 9.94. The second-order valence-electron chi connectivity index (χ2n) is 13.9. The molecule has 1 unspecified atom stereocenters.